The Labute approximate surface area is 248 Å². The van der Waals surface area contributed by atoms with Crippen molar-refractivity contribution in [1.29, 1.82) is 0 Å². The van der Waals surface area contributed by atoms with E-state index in [2.05, 4.69) is 4.90 Å². The highest BCUT2D eigenvalue weighted by molar-refractivity contribution is 7.85. The second kappa shape index (κ2) is 14.8. The summed E-state index contributed by atoms with van der Waals surface area (Å²) >= 11 is 10.3. The molecule has 3 fully saturated rings. The number of piperidine rings is 1. The van der Waals surface area contributed by atoms with Gasteiger partial charge in [0.05, 0.1) is 16.4 Å². The zero-order valence-electron chi connectivity index (χ0n) is 21.9. The van der Waals surface area contributed by atoms with Crippen molar-refractivity contribution in [1.82, 2.24) is 4.90 Å². The zero-order chi connectivity index (χ0) is 29.6. The van der Waals surface area contributed by atoms with Crippen molar-refractivity contribution < 1.29 is 32.1 Å². The predicted octanol–water partition coefficient (Wildman–Crippen LogP) is 5.00. The van der Waals surface area contributed by atoms with Crippen molar-refractivity contribution in [2.24, 2.45) is 5.73 Å². The number of benzene rings is 2. The average Bonchev–Trinajstić information content (AvgIpc) is 3.76. The summed E-state index contributed by atoms with van der Waals surface area (Å²) in [6.07, 6.45) is 5.43. The Kier molecular flexibility index (Phi) is 12.1. The Morgan fingerprint density at radius 3 is 1.98 bits per heavy atom. The van der Waals surface area contributed by atoms with E-state index in [-0.39, 0.29) is 16.1 Å². The van der Waals surface area contributed by atoms with E-state index < -0.39 is 39.6 Å². The van der Waals surface area contributed by atoms with Gasteiger partial charge in [-0.3, -0.25) is 22.9 Å². The molecule has 1 heterocycles. The molecule has 40 heavy (non-hydrogen) atoms. The summed E-state index contributed by atoms with van der Waals surface area (Å²) in [6, 6.07) is 8.15. The van der Waals surface area contributed by atoms with Gasteiger partial charge in [0.25, 0.3) is 11.9 Å². The van der Waals surface area contributed by atoms with Gasteiger partial charge in [0.1, 0.15) is 5.82 Å². The molecule has 0 bridgehead atoms. The molecule has 2 unspecified atom stereocenters. The predicted molar refractivity (Wildman–Crippen MR) is 153 cm³/mol. The van der Waals surface area contributed by atoms with Crippen LogP contribution in [-0.2, 0) is 33.2 Å². The van der Waals surface area contributed by atoms with Crippen LogP contribution in [0, 0.1) is 5.82 Å². The minimum absolute atomic E-state index is 0.0185. The van der Waals surface area contributed by atoms with E-state index in [4.69, 9.17) is 38.8 Å². The van der Waals surface area contributed by atoms with Gasteiger partial charge in [-0.25, -0.2) is 4.39 Å². The molecule has 2 saturated carbocycles. The molecule has 8 nitrogen and oxygen atoms in total. The highest BCUT2D eigenvalue weighted by Gasteiger charge is 2.30. The molecule has 2 atom stereocenters. The minimum Gasteiger partial charge on any atom is -0.772 e. The van der Waals surface area contributed by atoms with Gasteiger partial charge in [0.15, 0.2) is 0 Å². The first-order valence-electron chi connectivity index (χ1n) is 12.8. The van der Waals surface area contributed by atoms with Gasteiger partial charge >= 0.3 is 0 Å². The number of carbonyl (C=O) groups is 2. The second-order valence-corrected chi connectivity index (χ2v) is 13.8. The topological polar surface area (TPSA) is 141 Å². The lowest BCUT2D eigenvalue weighted by molar-refractivity contribution is -0.134. The molecule has 1 amide bonds. The third-order valence-electron chi connectivity index (χ3n) is 6.61. The highest BCUT2D eigenvalue weighted by Crippen LogP contribution is 2.43. The van der Waals surface area contributed by atoms with Crippen LogP contribution in [-0.4, -0.2) is 58.4 Å². The van der Waals surface area contributed by atoms with Crippen molar-refractivity contribution in [3.63, 3.8) is 0 Å². The first kappa shape index (κ1) is 32.6. The molecule has 13 heteroatoms. The number of nitrogens with two attached hydrogens (primary N) is 1. The Morgan fingerprint density at radius 2 is 1.55 bits per heavy atom. The fourth-order valence-corrected chi connectivity index (χ4v) is 7.04. The summed E-state index contributed by atoms with van der Waals surface area (Å²) in [5.41, 5.74) is 7.23. The number of rotatable bonds is 7. The van der Waals surface area contributed by atoms with Gasteiger partial charge in [-0.15, -0.1) is 0 Å². The van der Waals surface area contributed by atoms with E-state index in [1.807, 2.05) is 0 Å². The SMILES string of the molecule is CC(=O)O.NC(=O)c1cc(C2CC2)c(CN2CCC(S(=O)c3cc(Cl)cc(Cl)c3)CC2)cc1F.O=S([O-])C1CC1. The Hall–Kier alpha value is -1.89. The maximum atomic E-state index is 14.4. The third-order valence-corrected chi connectivity index (χ3v) is 9.84. The summed E-state index contributed by atoms with van der Waals surface area (Å²) in [7, 11) is -1.17. The number of aliphatic carboxylic acids is 1. The summed E-state index contributed by atoms with van der Waals surface area (Å²) in [5, 5.41) is 8.44. The lowest BCUT2D eigenvalue weighted by Crippen LogP contribution is -2.37. The summed E-state index contributed by atoms with van der Waals surface area (Å²) in [4.78, 5) is 23.4. The van der Waals surface area contributed by atoms with Crippen molar-refractivity contribution in [3.8, 4) is 0 Å². The van der Waals surface area contributed by atoms with E-state index in [0.29, 0.717) is 27.4 Å². The number of amides is 1. The zero-order valence-corrected chi connectivity index (χ0v) is 25.1. The third kappa shape index (κ3) is 10.2. The first-order chi connectivity index (χ1) is 18.8. The van der Waals surface area contributed by atoms with Gasteiger partial charge < -0.3 is 15.4 Å². The van der Waals surface area contributed by atoms with Crippen LogP contribution in [0.1, 0.15) is 72.9 Å². The summed E-state index contributed by atoms with van der Waals surface area (Å²) in [5.74, 6) is -1.74. The van der Waals surface area contributed by atoms with Crippen molar-refractivity contribution in [2.75, 3.05) is 13.1 Å². The lowest BCUT2D eigenvalue weighted by Gasteiger charge is -2.32. The van der Waals surface area contributed by atoms with E-state index >= 15 is 0 Å². The van der Waals surface area contributed by atoms with Gasteiger partial charge in [-0.1, -0.05) is 34.3 Å². The van der Waals surface area contributed by atoms with Gasteiger partial charge in [-0.05, 0) is 99.0 Å². The Bertz CT molecular complexity index is 1260. The normalized spacial score (nSPS) is 18.9. The van der Waals surface area contributed by atoms with Crippen molar-refractivity contribution in [3.05, 3.63) is 62.9 Å². The summed E-state index contributed by atoms with van der Waals surface area (Å²) in [6.45, 7) is 3.24. The van der Waals surface area contributed by atoms with Crippen LogP contribution in [0.15, 0.2) is 35.2 Å². The molecule has 2 aromatic carbocycles. The number of carboxylic acid groups (broad SMARTS) is 1. The molecule has 0 radical (unpaired) electrons. The van der Waals surface area contributed by atoms with E-state index in [0.717, 1.165) is 69.7 Å². The standard InChI is InChI=1S/C22H23Cl2FN2O2S.C3H6O2S.C2H4O2/c23-15-8-16(24)10-18(9-15)30(29)17-3-5-27(6-4-17)12-14-7-21(25)20(22(26)28)11-19(14)13-1-2-13;4-6(5)3-1-2-3;1-2(3)4/h7-11,13,17H,1-6,12H2,(H2,26,28);3H,1-2H2,(H,4,5);1H3,(H,3,4)/p-1. The number of halogens is 3. The molecule has 2 aliphatic carbocycles. The Morgan fingerprint density at radius 1 is 1.00 bits per heavy atom. The molecule has 2 aromatic rings. The van der Waals surface area contributed by atoms with Gasteiger partial charge in [0.2, 0.25) is 0 Å². The number of nitrogens with zero attached hydrogens (tertiary/aromatic N) is 1. The Balaban J connectivity index is 0.000000374. The molecule has 3 N–H and O–H groups in total. The number of carboxylic acids is 1. The maximum Gasteiger partial charge on any atom is 0.300 e. The van der Waals surface area contributed by atoms with Gasteiger partial charge in [0, 0.05) is 38.9 Å². The maximum absolute atomic E-state index is 14.4. The molecule has 220 valence electrons. The number of hydrogen-bond donors (Lipinski definition) is 2. The number of likely N-dealkylation sites (tertiary alicyclic amines) is 1. The molecule has 5 rings (SSSR count). The first-order valence-corrected chi connectivity index (χ1v) is 15.9. The minimum atomic E-state index is -1.76. The molecule has 1 saturated heterocycles. The van der Waals surface area contributed by atoms with Crippen molar-refractivity contribution in [2.45, 2.75) is 73.3 Å². The fraction of sp³-hybridized carbons (Fsp3) is 0.481. The molecule has 0 spiro atoms. The molecular formula is C27H32Cl2FN2O6S2-. The monoisotopic (exact) mass is 633 g/mol. The number of hydrogen-bond acceptors (Lipinski definition) is 6. The van der Waals surface area contributed by atoms with Crippen molar-refractivity contribution >= 4 is 57.0 Å². The quantitative estimate of drug-likeness (QED) is 0.409. The second-order valence-electron chi connectivity index (χ2n) is 10.0. The van der Waals surface area contributed by atoms with Crippen LogP contribution in [0.2, 0.25) is 10.0 Å². The molecular weight excluding hydrogens is 602 g/mol. The average molecular weight is 635 g/mol. The largest absolute Gasteiger partial charge is 0.772 e. The summed E-state index contributed by atoms with van der Waals surface area (Å²) < 4.78 is 46.8. The van der Waals surface area contributed by atoms with Crippen LogP contribution >= 0.6 is 23.2 Å². The van der Waals surface area contributed by atoms with E-state index in [9.17, 15) is 22.2 Å². The van der Waals surface area contributed by atoms with E-state index in [1.165, 1.54) is 6.07 Å². The van der Waals surface area contributed by atoms with Gasteiger partial charge in [-0.2, -0.15) is 0 Å². The van der Waals surface area contributed by atoms with Crippen LogP contribution < -0.4 is 5.73 Å². The molecule has 3 aliphatic rings. The number of carbonyl (C=O) groups excluding carboxylic acids is 1. The smallest absolute Gasteiger partial charge is 0.300 e. The van der Waals surface area contributed by atoms with Crippen LogP contribution in [0.3, 0.4) is 0 Å². The van der Waals surface area contributed by atoms with Crippen LogP contribution in [0.25, 0.3) is 0 Å². The fourth-order valence-electron chi connectivity index (χ4n) is 4.35. The van der Waals surface area contributed by atoms with E-state index in [1.54, 1.807) is 24.3 Å². The molecule has 0 aromatic heterocycles. The highest BCUT2D eigenvalue weighted by atomic mass is 35.5. The number of primary amides is 1. The van der Waals surface area contributed by atoms with Crippen LogP contribution in [0.4, 0.5) is 4.39 Å². The molecule has 1 aliphatic heterocycles. The lowest BCUT2D eigenvalue weighted by atomic mass is 9.98. The van der Waals surface area contributed by atoms with Crippen LogP contribution in [0.5, 0.6) is 0 Å².